The first-order valence-corrected chi connectivity index (χ1v) is 13.6. The number of nitro benzene ring substituents is 1. The van der Waals surface area contributed by atoms with Crippen molar-refractivity contribution in [1.29, 1.82) is 0 Å². The highest BCUT2D eigenvalue weighted by molar-refractivity contribution is 7.99. The Labute approximate surface area is 212 Å². The van der Waals surface area contributed by atoms with E-state index in [0.717, 1.165) is 17.0 Å². The summed E-state index contributed by atoms with van der Waals surface area (Å²) in [7, 11) is 0. The van der Waals surface area contributed by atoms with Gasteiger partial charge in [-0.05, 0) is 75.5 Å². The van der Waals surface area contributed by atoms with Gasteiger partial charge in [-0.3, -0.25) is 10.1 Å². The van der Waals surface area contributed by atoms with Gasteiger partial charge in [0.15, 0.2) is 0 Å². The van der Waals surface area contributed by atoms with Crippen molar-refractivity contribution in [3.8, 4) is 0 Å². The number of para-hydroxylation sites is 1. The highest BCUT2D eigenvalue weighted by atomic mass is 32.2. The van der Waals surface area contributed by atoms with Crippen molar-refractivity contribution in [2.45, 2.75) is 98.5 Å². The monoisotopic (exact) mass is 499 g/mol. The maximum absolute atomic E-state index is 11.1. The number of aliphatic carboxylic acids is 1. The SMILES string of the molecule is C1CCC([NH2+]C2CCCCC2)CC1.N[C@@H](Cc1ccccc1Sc1ccccc1[N+](=O)[O-])C(=O)[O-]. The Hall–Kier alpha value is -2.42. The van der Waals surface area contributed by atoms with Crippen molar-refractivity contribution in [3.63, 3.8) is 0 Å². The predicted octanol–water partition coefficient (Wildman–Crippen LogP) is 3.58. The number of hydrogen-bond donors (Lipinski definition) is 2. The van der Waals surface area contributed by atoms with E-state index in [1.807, 2.05) is 0 Å². The largest absolute Gasteiger partial charge is 0.548 e. The molecule has 4 rings (SSSR count). The molecule has 0 amide bonds. The Kier molecular flexibility index (Phi) is 11.0. The number of nitrogens with two attached hydrogens (primary N) is 2. The third-order valence-corrected chi connectivity index (χ3v) is 8.02. The van der Waals surface area contributed by atoms with Gasteiger partial charge in [0.1, 0.15) is 0 Å². The van der Waals surface area contributed by atoms with E-state index < -0.39 is 16.9 Å². The van der Waals surface area contributed by atoms with E-state index in [1.165, 1.54) is 82.0 Å². The quantitative estimate of drug-likeness (QED) is 0.422. The first-order chi connectivity index (χ1) is 16.9. The molecule has 2 aliphatic carbocycles. The van der Waals surface area contributed by atoms with E-state index in [1.54, 1.807) is 42.5 Å². The van der Waals surface area contributed by atoms with Crippen LogP contribution in [0.25, 0.3) is 0 Å². The van der Waals surface area contributed by atoms with Crippen molar-refractivity contribution in [2.24, 2.45) is 5.73 Å². The lowest BCUT2D eigenvalue weighted by atomic mass is 9.91. The molecule has 4 N–H and O–H groups in total. The first kappa shape index (κ1) is 27.2. The Bertz CT molecular complexity index is 943. The summed E-state index contributed by atoms with van der Waals surface area (Å²) in [4.78, 5) is 22.6. The molecule has 190 valence electrons. The van der Waals surface area contributed by atoms with E-state index in [9.17, 15) is 20.0 Å². The molecular weight excluding hydrogens is 462 g/mol. The third kappa shape index (κ3) is 8.94. The standard InChI is InChI=1S/C15H14N2O4S.C12H23N/c16-11(15(18)19)9-10-5-1-3-7-13(10)22-14-8-4-2-6-12(14)17(20)21;1-3-7-11(8-4-1)13-12-9-5-2-6-10-12/h1-8,11H,9,16H2,(H,18,19);11-13H,1-10H2/t11-;/m0./s1. The molecule has 0 spiro atoms. The molecule has 0 saturated heterocycles. The highest BCUT2D eigenvalue weighted by Gasteiger charge is 2.22. The van der Waals surface area contributed by atoms with E-state index in [0.29, 0.717) is 10.5 Å². The molecule has 1 atom stereocenters. The Balaban J connectivity index is 0.000000223. The number of hydrogen-bond acceptors (Lipinski definition) is 6. The molecule has 2 fully saturated rings. The zero-order valence-electron chi connectivity index (χ0n) is 20.3. The number of carboxylic acids is 1. The van der Waals surface area contributed by atoms with Crippen LogP contribution in [-0.2, 0) is 11.2 Å². The zero-order chi connectivity index (χ0) is 25.0. The molecule has 2 saturated carbocycles. The normalized spacial score (nSPS) is 17.7. The van der Waals surface area contributed by atoms with Crippen LogP contribution >= 0.6 is 11.8 Å². The lowest BCUT2D eigenvalue weighted by molar-refractivity contribution is -0.725. The van der Waals surface area contributed by atoms with Gasteiger partial charge in [0.05, 0.1) is 27.9 Å². The first-order valence-electron chi connectivity index (χ1n) is 12.7. The number of quaternary nitrogens is 1. The number of rotatable bonds is 8. The maximum atomic E-state index is 11.1. The molecule has 2 aliphatic rings. The predicted molar refractivity (Wildman–Crippen MR) is 136 cm³/mol. The van der Waals surface area contributed by atoms with Crippen LogP contribution in [0.15, 0.2) is 58.3 Å². The van der Waals surface area contributed by atoms with Crippen LogP contribution in [0, 0.1) is 10.1 Å². The number of nitro groups is 1. The van der Waals surface area contributed by atoms with Crippen molar-refractivity contribution >= 4 is 23.4 Å². The van der Waals surface area contributed by atoms with Gasteiger partial charge in [-0.2, -0.15) is 0 Å². The summed E-state index contributed by atoms with van der Waals surface area (Å²) in [6, 6.07) is 14.3. The van der Waals surface area contributed by atoms with Crippen molar-refractivity contribution in [3.05, 3.63) is 64.2 Å². The molecule has 7 nitrogen and oxygen atoms in total. The number of carbonyl (C=O) groups excluding carboxylic acids is 1. The minimum absolute atomic E-state index is 0.00602. The molecule has 0 unspecified atom stereocenters. The van der Waals surface area contributed by atoms with Crippen LogP contribution in [0.5, 0.6) is 0 Å². The molecule has 2 aromatic carbocycles. The summed E-state index contributed by atoms with van der Waals surface area (Å²) < 4.78 is 0. The lowest BCUT2D eigenvalue weighted by Gasteiger charge is -2.27. The van der Waals surface area contributed by atoms with E-state index in [-0.39, 0.29) is 12.1 Å². The fourth-order valence-electron chi connectivity index (χ4n) is 4.94. The van der Waals surface area contributed by atoms with E-state index in [2.05, 4.69) is 5.32 Å². The molecular formula is C27H37N3O4S. The second-order valence-electron chi connectivity index (χ2n) is 9.55. The molecule has 8 heteroatoms. The van der Waals surface area contributed by atoms with Gasteiger partial charge >= 0.3 is 0 Å². The summed E-state index contributed by atoms with van der Waals surface area (Å²) in [6.07, 6.45) is 15.1. The van der Waals surface area contributed by atoms with Crippen LogP contribution in [0.4, 0.5) is 5.69 Å². The van der Waals surface area contributed by atoms with Crippen LogP contribution < -0.4 is 16.2 Å². The van der Waals surface area contributed by atoms with Crippen molar-refractivity contribution in [2.75, 3.05) is 0 Å². The van der Waals surface area contributed by atoms with Crippen molar-refractivity contribution in [1.82, 2.24) is 0 Å². The van der Waals surface area contributed by atoms with Gasteiger partial charge in [-0.1, -0.05) is 54.9 Å². The van der Waals surface area contributed by atoms with Gasteiger partial charge in [0.2, 0.25) is 0 Å². The molecule has 0 radical (unpaired) electrons. The Morgan fingerprint density at radius 2 is 1.43 bits per heavy atom. The summed E-state index contributed by atoms with van der Waals surface area (Å²) in [6.45, 7) is 0. The zero-order valence-corrected chi connectivity index (χ0v) is 21.1. The molecule has 2 aromatic rings. The number of carboxylic acid groups (broad SMARTS) is 1. The van der Waals surface area contributed by atoms with Gasteiger partial charge < -0.3 is 21.0 Å². The molecule has 0 heterocycles. The molecule has 35 heavy (non-hydrogen) atoms. The van der Waals surface area contributed by atoms with Gasteiger partial charge in [0.25, 0.3) is 5.69 Å². The molecule has 0 aromatic heterocycles. The third-order valence-electron chi connectivity index (χ3n) is 6.84. The summed E-state index contributed by atoms with van der Waals surface area (Å²) in [5.74, 6) is -1.33. The fraction of sp³-hybridized carbons (Fsp3) is 0.519. The van der Waals surface area contributed by atoms with Crippen molar-refractivity contribution < 1.29 is 20.1 Å². The second kappa shape index (κ2) is 14.2. The smallest absolute Gasteiger partial charge is 0.283 e. The lowest BCUT2D eigenvalue weighted by Crippen LogP contribution is -2.95. The average molecular weight is 500 g/mol. The fourth-order valence-corrected chi connectivity index (χ4v) is 6.00. The highest BCUT2D eigenvalue weighted by Crippen LogP contribution is 2.36. The average Bonchev–Trinajstić information content (AvgIpc) is 2.87. The van der Waals surface area contributed by atoms with E-state index in [4.69, 9.17) is 5.73 Å². The maximum Gasteiger partial charge on any atom is 0.283 e. The number of nitrogens with zero attached hydrogens (tertiary/aromatic N) is 1. The molecule has 0 aliphatic heterocycles. The van der Waals surface area contributed by atoms with Crippen LogP contribution in [-0.4, -0.2) is 29.0 Å². The minimum atomic E-state index is -1.33. The van der Waals surface area contributed by atoms with Crippen LogP contribution in [0.1, 0.15) is 69.8 Å². The Morgan fingerprint density at radius 1 is 0.914 bits per heavy atom. The minimum Gasteiger partial charge on any atom is -0.548 e. The van der Waals surface area contributed by atoms with Gasteiger partial charge in [0, 0.05) is 17.0 Å². The van der Waals surface area contributed by atoms with E-state index >= 15 is 0 Å². The summed E-state index contributed by atoms with van der Waals surface area (Å²) in [5, 5.41) is 24.6. The number of benzene rings is 2. The van der Waals surface area contributed by atoms with Gasteiger partial charge in [-0.25, -0.2) is 0 Å². The Morgan fingerprint density at radius 3 is 1.97 bits per heavy atom. The number of carbonyl (C=O) groups is 1. The second-order valence-corrected chi connectivity index (χ2v) is 10.6. The summed E-state index contributed by atoms with van der Waals surface area (Å²) >= 11 is 1.21. The van der Waals surface area contributed by atoms with Gasteiger partial charge in [-0.15, -0.1) is 0 Å². The molecule has 0 bridgehead atoms. The topological polar surface area (TPSA) is 126 Å². The summed E-state index contributed by atoms with van der Waals surface area (Å²) in [5.41, 5.74) is 6.23. The van der Waals surface area contributed by atoms with Crippen LogP contribution in [0.3, 0.4) is 0 Å². The van der Waals surface area contributed by atoms with Crippen LogP contribution in [0.2, 0.25) is 0 Å².